The van der Waals surface area contributed by atoms with Crippen molar-refractivity contribution in [2.75, 3.05) is 51.3 Å². The zero-order valence-corrected chi connectivity index (χ0v) is 24.6. The number of halogens is 1. The second kappa shape index (κ2) is 13.2. The molecule has 0 spiro atoms. The number of carbonyl (C=O) groups excluding carboxylic acids is 2. The van der Waals surface area contributed by atoms with E-state index in [2.05, 4.69) is 26.5 Å². The van der Waals surface area contributed by atoms with Crippen LogP contribution < -0.4 is 20.3 Å². The van der Waals surface area contributed by atoms with E-state index in [1.54, 1.807) is 12.0 Å². The van der Waals surface area contributed by atoms with Crippen LogP contribution in [0.4, 0.5) is 5.69 Å². The highest BCUT2D eigenvalue weighted by Crippen LogP contribution is 2.34. The first-order chi connectivity index (χ1) is 19.4. The zero-order chi connectivity index (χ0) is 28.1. The molecule has 40 heavy (non-hydrogen) atoms. The number of fused-ring (bicyclic) bond motifs is 1. The van der Waals surface area contributed by atoms with Crippen molar-refractivity contribution in [3.63, 3.8) is 0 Å². The van der Waals surface area contributed by atoms with Gasteiger partial charge in [0.15, 0.2) is 5.11 Å². The Hall–Kier alpha value is -2.88. The first kappa shape index (κ1) is 28.6. The highest BCUT2D eigenvalue weighted by Gasteiger charge is 2.44. The predicted octanol–water partition coefficient (Wildman–Crippen LogP) is 3.68. The Labute approximate surface area is 247 Å². The lowest BCUT2D eigenvalue weighted by Crippen LogP contribution is -2.61. The van der Waals surface area contributed by atoms with Gasteiger partial charge >= 0.3 is 0 Å². The highest BCUT2D eigenvalue weighted by molar-refractivity contribution is 7.80. The number of carbonyl (C=O) groups is 2. The Morgan fingerprint density at radius 1 is 1.10 bits per heavy atom. The summed E-state index contributed by atoms with van der Waals surface area (Å²) in [4.78, 5) is 32.7. The van der Waals surface area contributed by atoms with Gasteiger partial charge in [-0.3, -0.25) is 19.4 Å². The molecule has 3 atom stereocenters. The fourth-order valence-electron chi connectivity index (χ4n) is 6.08. The third-order valence-electron chi connectivity index (χ3n) is 8.36. The van der Waals surface area contributed by atoms with Gasteiger partial charge in [-0.05, 0) is 74.3 Å². The minimum Gasteiger partial charge on any atom is -0.495 e. The summed E-state index contributed by atoms with van der Waals surface area (Å²) in [6.45, 7) is 5.95. The molecule has 2 heterocycles. The van der Waals surface area contributed by atoms with Crippen molar-refractivity contribution in [3.8, 4) is 5.75 Å². The number of rotatable bonds is 9. The molecule has 5 rings (SSSR count). The maximum atomic E-state index is 13.3. The van der Waals surface area contributed by atoms with E-state index in [0.717, 1.165) is 56.1 Å². The summed E-state index contributed by atoms with van der Waals surface area (Å²) in [5.41, 5.74) is 2.13. The fraction of sp³-hybridized carbons (Fsp3) is 0.500. The fourth-order valence-corrected chi connectivity index (χ4v) is 6.52. The number of hydrogen-bond acceptors (Lipinski definition) is 6. The van der Waals surface area contributed by atoms with Crippen LogP contribution in [0.1, 0.15) is 31.2 Å². The predicted molar refractivity (Wildman–Crippen MR) is 162 cm³/mol. The van der Waals surface area contributed by atoms with Crippen LogP contribution in [-0.4, -0.2) is 79.1 Å². The number of thiocarbonyl (C=S) groups is 1. The Balaban J connectivity index is 1.02. The minimum atomic E-state index is -0.155. The van der Waals surface area contributed by atoms with E-state index in [9.17, 15) is 9.59 Å². The van der Waals surface area contributed by atoms with Crippen LogP contribution in [0.2, 0.25) is 5.02 Å². The molecule has 214 valence electrons. The summed E-state index contributed by atoms with van der Waals surface area (Å²) in [6, 6.07) is 15.5. The van der Waals surface area contributed by atoms with Crippen LogP contribution in [0.25, 0.3) is 0 Å². The van der Waals surface area contributed by atoms with E-state index in [1.807, 2.05) is 42.5 Å². The van der Waals surface area contributed by atoms with Crippen molar-refractivity contribution in [1.82, 2.24) is 20.4 Å². The van der Waals surface area contributed by atoms with E-state index in [-0.39, 0.29) is 29.7 Å². The van der Waals surface area contributed by atoms with Gasteiger partial charge in [-0.2, -0.15) is 0 Å². The Kier molecular flexibility index (Phi) is 9.44. The van der Waals surface area contributed by atoms with E-state index in [0.29, 0.717) is 42.5 Å². The van der Waals surface area contributed by atoms with E-state index < -0.39 is 0 Å². The largest absolute Gasteiger partial charge is 0.495 e. The molecule has 0 aromatic heterocycles. The van der Waals surface area contributed by atoms with Gasteiger partial charge in [0.25, 0.3) is 0 Å². The third-order valence-corrected chi connectivity index (χ3v) is 8.95. The van der Waals surface area contributed by atoms with Gasteiger partial charge in [0.2, 0.25) is 11.8 Å². The second-order valence-electron chi connectivity index (χ2n) is 10.9. The number of para-hydroxylation sites is 2. The molecule has 2 aromatic carbocycles. The Bertz CT molecular complexity index is 1200. The van der Waals surface area contributed by atoms with Crippen molar-refractivity contribution in [3.05, 3.63) is 59.1 Å². The lowest BCUT2D eigenvalue weighted by Gasteiger charge is -2.43. The van der Waals surface area contributed by atoms with Crippen LogP contribution in [0.15, 0.2) is 48.5 Å². The molecule has 10 heteroatoms. The number of hydrogen-bond donors (Lipinski definition) is 2. The minimum absolute atomic E-state index is 0.0494. The number of amides is 2. The van der Waals surface area contributed by atoms with E-state index in [1.165, 1.54) is 0 Å². The Morgan fingerprint density at radius 3 is 2.60 bits per heavy atom. The maximum Gasteiger partial charge on any atom is 0.234 e. The van der Waals surface area contributed by atoms with Crippen LogP contribution in [0.3, 0.4) is 0 Å². The van der Waals surface area contributed by atoms with Crippen molar-refractivity contribution in [1.29, 1.82) is 0 Å². The smallest absolute Gasteiger partial charge is 0.234 e. The summed E-state index contributed by atoms with van der Waals surface area (Å²) in [6.07, 6.45) is 2.94. The molecule has 3 unspecified atom stereocenters. The van der Waals surface area contributed by atoms with Crippen molar-refractivity contribution in [2.24, 2.45) is 11.8 Å². The van der Waals surface area contributed by atoms with Gasteiger partial charge in [-0.1, -0.05) is 35.9 Å². The lowest BCUT2D eigenvalue weighted by atomic mass is 9.76. The van der Waals surface area contributed by atoms with Crippen molar-refractivity contribution >= 4 is 46.4 Å². The average molecular weight is 584 g/mol. The molecule has 2 N–H and O–H groups in total. The summed E-state index contributed by atoms with van der Waals surface area (Å²) < 4.78 is 5.52. The summed E-state index contributed by atoms with van der Waals surface area (Å²) in [5.74, 6) is 0.795. The molecule has 1 aliphatic carbocycles. The highest BCUT2D eigenvalue weighted by atomic mass is 35.5. The normalized spacial score (nSPS) is 23.4. The molecular weight excluding hydrogens is 546 g/mol. The van der Waals surface area contributed by atoms with Crippen LogP contribution >= 0.6 is 23.8 Å². The van der Waals surface area contributed by atoms with Gasteiger partial charge < -0.3 is 20.3 Å². The number of nitrogens with zero attached hydrogens (tertiary/aromatic N) is 3. The van der Waals surface area contributed by atoms with E-state index in [4.69, 9.17) is 28.6 Å². The molecule has 0 bridgehead atoms. The van der Waals surface area contributed by atoms with Crippen molar-refractivity contribution < 1.29 is 14.3 Å². The number of nitrogens with one attached hydrogen (secondary N) is 2. The maximum absolute atomic E-state index is 13.3. The number of piperazine rings is 1. The number of ether oxygens (including phenoxy) is 1. The van der Waals surface area contributed by atoms with E-state index >= 15 is 0 Å². The number of methoxy groups -OCH3 is 1. The number of benzene rings is 2. The first-order valence-electron chi connectivity index (χ1n) is 14.2. The SMILES string of the molecule is COc1ccccc1N1CCN(CCCNC(=O)C2CCC3C(=O)N(Cc4ccc(Cl)cc4)C(=S)NC3C2)CC1. The van der Waals surface area contributed by atoms with Gasteiger partial charge in [-0.15, -0.1) is 0 Å². The molecule has 0 radical (unpaired) electrons. The molecule has 2 saturated heterocycles. The van der Waals surface area contributed by atoms with Gasteiger partial charge in [0, 0.05) is 49.7 Å². The summed E-state index contributed by atoms with van der Waals surface area (Å²) in [7, 11) is 1.72. The molecule has 2 amide bonds. The van der Waals surface area contributed by atoms with Gasteiger partial charge in [0.1, 0.15) is 5.75 Å². The van der Waals surface area contributed by atoms with Gasteiger partial charge in [0.05, 0.1) is 25.3 Å². The third kappa shape index (κ3) is 6.70. The number of anilines is 1. The van der Waals surface area contributed by atoms with Crippen molar-refractivity contribution in [2.45, 2.75) is 38.3 Å². The van der Waals surface area contributed by atoms with Crippen LogP contribution in [-0.2, 0) is 16.1 Å². The quantitative estimate of drug-likeness (QED) is 0.344. The molecular formula is C30H38ClN5O3S. The zero-order valence-electron chi connectivity index (χ0n) is 23.0. The molecule has 8 nitrogen and oxygen atoms in total. The summed E-state index contributed by atoms with van der Waals surface area (Å²) in [5, 5.41) is 7.61. The van der Waals surface area contributed by atoms with Gasteiger partial charge in [-0.25, -0.2) is 0 Å². The lowest BCUT2D eigenvalue weighted by molar-refractivity contribution is -0.138. The summed E-state index contributed by atoms with van der Waals surface area (Å²) >= 11 is 11.5. The van der Waals surface area contributed by atoms with Crippen LogP contribution in [0.5, 0.6) is 5.75 Å². The standard InChI is InChI=1S/C30H38ClN5O3S/c1-39-27-6-3-2-5-26(27)35-17-15-34(16-18-35)14-4-13-32-28(37)22-9-12-24-25(19-22)33-30(40)36(29(24)38)20-21-7-10-23(31)11-8-21/h2-3,5-8,10-11,22,24-25H,4,9,12-20H2,1H3,(H,32,37)(H,33,40). The monoisotopic (exact) mass is 583 g/mol. The molecule has 2 aliphatic heterocycles. The molecule has 1 saturated carbocycles. The first-order valence-corrected chi connectivity index (χ1v) is 15.0. The molecule has 2 aromatic rings. The topological polar surface area (TPSA) is 77.2 Å². The molecule has 3 aliphatic rings. The van der Waals surface area contributed by atoms with Crippen LogP contribution in [0, 0.1) is 11.8 Å². The average Bonchev–Trinajstić information content (AvgIpc) is 2.98. The Morgan fingerprint density at radius 2 is 1.85 bits per heavy atom. The molecule has 3 fully saturated rings. The second-order valence-corrected chi connectivity index (χ2v) is 11.7.